The molecule has 0 aromatic heterocycles. The van der Waals surface area contributed by atoms with Crippen LogP contribution in [0, 0.1) is 10.1 Å². The number of methoxy groups -OCH3 is 1. The summed E-state index contributed by atoms with van der Waals surface area (Å²) in [6, 6.07) is 3.81. The van der Waals surface area contributed by atoms with Crippen LogP contribution in [0.2, 0.25) is 0 Å². The Labute approximate surface area is 91.6 Å². The second-order valence-corrected chi connectivity index (χ2v) is 2.82. The smallest absolute Gasteiger partial charge is 0.319 e. The lowest BCUT2D eigenvalue weighted by molar-refractivity contribution is -0.385. The van der Waals surface area contributed by atoms with Crippen LogP contribution in [-0.2, 0) is 0 Å². The maximum atomic E-state index is 11.1. The van der Waals surface area contributed by atoms with E-state index in [0.29, 0.717) is 0 Å². The highest BCUT2D eigenvalue weighted by atomic mass is 16.6. The highest BCUT2D eigenvalue weighted by Gasteiger charge is 2.18. The van der Waals surface area contributed by atoms with E-state index in [9.17, 15) is 14.9 Å². The van der Waals surface area contributed by atoms with E-state index in [2.05, 4.69) is 10.6 Å². The summed E-state index contributed by atoms with van der Waals surface area (Å²) in [6.07, 6.45) is 0. The number of rotatable bonds is 3. The van der Waals surface area contributed by atoms with Gasteiger partial charge in [-0.15, -0.1) is 0 Å². The Hall–Kier alpha value is -2.31. The molecule has 7 nitrogen and oxygen atoms in total. The predicted molar refractivity (Wildman–Crippen MR) is 57.7 cm³/mol. The zero-order valence-corrected chi connectivity index (χ0v) is 8.81. The summed E-state index contributed by atoms with van der Waals surface area (Å²) in [5.74, 6) is 0.0242. The van der Waals surface area contributed by atoms with E-state index in [4.69, 9.17) is 4.74 Å². The molecular weight excluding hydrogens is 214 g/mol. The average molecular weight is 225 g/mol. The SMILES string of the molecule is CNC(=O)Nc1cccc([N+](=O)[O-])c1OC. The van der Waals surface area contributed by atoms with Crippen LogP contribution in [0.3, 0.4) is 0 Å². The van der Waals surface area contributed by atoms with Crippen molar-refractivity contribution in [2.45, 2.75) is 0 Å². The molecule has 0 atom stereocenters. The largest absolute Gasteiger partial charge is 0.489 e. The van der Waals surface area contributed by atoms with Crippen LogP contribution in [0.5, 0.6) is 5.75 Å². The highest BCUT2D eigenvalue weighted by Crippen LogP contribution is 2.34. The fraction of sp³-hybridized carbons (Fsp3) is 0.222. The van der Waals surface area contributed by atoms with Crippen LogP contribution in [-0.4, -0.2) is 25.1 Å². The van der Waals surface area contributed by atoms with Crippen molar-refractivity contribution in [3.8, 4) is 5.75 Å². The van der Waals surface area contributed by atoms with Crippen molar-refractivity contribution in [1.82, 2.24) is 5.32 Å². The quantitative estimate of drug-likeness (QED) is 0.599. The number of benzene rings is 1. The van der Waals surface area contributed by atoms with E-state index in [1.54, 1.807) is 0 Å². The van der Waals surface area contributed by atoms with Crippen LogP contribution in [0.4, 0.5) is 16.2 Å². The first-order valence-electron chi connectivity index (χ1n) is 4.40. The van der Waals surface area contributed by atoms with Crippen LogP contribution in [0.25, 0.3) is 0 Å². The predicted octanol–water partition coefficient (Wildman–Crippen LogP) is 1.35. The highest BCUT2D eigenvalue weighted by molar-refractivity contribution is 5.91. The van der Waals surface area contributed by atoms with Gasteiger partial charge in [0.1, 0.15) is 0 Å². The van der Waals surface area contributed by atoms with E-state index in [-0.39, 0.29) is 17.1 Å². The third kappa shape index (κ3) is 2.38. The van der Waals surface area contributed by atoms with Crippen molar-refractivity contribution in [1.29, 1.82) is 0 Å². The number of urea groups is 1. The van der Waals surface area contributed by atoms with Gasteiger partial charge in [-0.3, -0.25) is 10.1 Å². The lowest BCUT2D eigenvalue weighted by Crippen LogP contribution is -2.24. The molecule has 2 amide bonds. The topological polar surface area (TPSA) is 93.5 Å². The minimum atomic E-state index is -0.576. The molecule has 0 aliphatic carbocycles. The Bertz CT molecular complexity index is 419. The van der Waals surface area contributed by atoms with Gasteiger partial charge in [0.15, 0.2) is 0 Å². The zero-order chi connectivity index (χ0) is 12.1. The first-order chi connectivity index (χ1) is 7.60. The number of ether oxygens (including phenoxy) is 1. The van der Waals surface area contributed by atoms with Gasteiger partial charge in [-0.05, 0) is 6.07 Å². The zero-order valence-electron chi connectivity index (χ0n) is 8.81. The Balaban J connectivity index is 3.13. The summed E-state index contributed by atoms with van der Waals surface area (Å²) in [5, 5.41) is 15.5. The summed E-state index contributed by atoms with van der Waals surface area (Å²) in [6.45, 7) is 0. The number of hydrogen-bond acceptors (Lipinski definition) is 4. The Kier molecular flexibility index (Phi) is 3.65. The van der Waals surface area contributed by atoms with Crippen molar-refractivity contribution in [3.05, 3.63) is 28.3 Å². The first-order valence-corrected chi connectivity index (χ1v) is 4.40. The van der Waals surface area contributed by atoms with Crippen molar-refractivity contribution in [3.63, 3.8) is 0 Å². The number of nitro groups is 1. The summed E-state index contributed by atoms with van der Waals surface area (Å²) in [4.78, 5) is 21.2. The van der Waals surface area contributed by atoms with E-state index in [1.807, 2.05) is 0 Å². The number of para-hydroxylation sites is 1. The average Bonchev–Trinajstić information content (AvgIpc) is 2.28. The van der Waals surface area contributed by atoms with Crippen LogP contribution >= 0.6 is 0 Å². The van der Waals surface area contributed by atoms with Gasteiger partial charge < -0.3 is 15.4 Å². The summed E-state index contributed by atoms with van der Waals surface area (Å²) < 4.78 is 4.90. The molecule has 16 heavy (non-hydrogen) atoms. The summed E-state index contributed by atoms with van der Waals surface area (Å²) >= 11 is 0. The molecule has 7 heteroatoms. The van der Waals surface area contributed by atoms with Gasteiger partial charge in [0.2, 0.25) is 5.75 Å². The van der Waals surface area contributed by atoms with Gasteiger partial charge in [-0.1, -0.05) is 6.07 Å². The van der Waals surface area contributed by atoms with Crippen LogP contribution < -0.4 is 15.4 Å². The summed E-state index contributed by atoms with van der Waals surface area (Å²) in [5.41, 5.74) is 0.0486. The molecule has 1 aromatic carbocycles. The van der Waals surface area contributed by atoms with Gasteiger partial charge in [-0.2, -0.15) is 0 Å². The molecule has 0 radical (unpaired) electrons. The van der Waals surface area contributed by atoms with Crippen molar-refractivity contribution < 1.29 is 14.5 Å². The fourth-order valence-electron chi connectivity index (χ4n) is 1.17. The van der Waals surface area contributed by atoms with Gasteiger partial charge in [0.05, 0.1) is 17.7 Å². The monoisotopic (exact) mass is 225 g/mol. The van der Waals surface area contributed by atoms with Crippen molar-refractivity contribution in [2.24, 2.45) is 0 Å². The van der Waals surface area contributed by atoms with E-state index in [1.165, 1.54) is 32.4 Å². The number of amides is 2. The minimum Gasteiger partial charge on any atom is -0.489 e. The number of anilines is 1. The van der Waals surface area contributed by atoms with Crippen LogP contribution in [0.1, 0.15) is 0 Å². The Morgan fingerprint density at radius 1 is 1.50 bits per heavy atom. The number of hydrogen-bond donors (Lipinski definition) is 2. The molecule has 0 bridgehead atoms. The summed E-state index contributed by atoms with van der Waals surface area (Å²) in [7, 11) is 2.75. The molecule has 0 aliphatic rings. The van der Waals surface area contributed by atoms with Crippen molar-refractivity contribution in [2.75, 3.05) is 19.5 Å². The number of carbonyl (C=O) groups excluding carboxylic acids is 1. The molecule has 1 rings (SSSR count). The standard InChI is InChI=1S/C9H11N3O4/c1-10-9(13)11-6-4-3-5-7(12(14)15)8(6)16-2/h3-5H,1-2H3,(H2,10,11,13). The van der Waals surface area contributed by atoms with Crippen LogP contribution in [0.15, 0.2) is 18.2 Å². The minimum absolute atomic E-state index is 0.0242. The third-order valence-corrected chi connectivity index (χ3v) is 1.87. The molecule has 0 fully saturated rings. The molecule has 0 aliphatic heterocycles. The van der Waals surface area contributed by atoms with Gasteiger partial charge in [0, 0.05) is 13.1 Å². The van der Waals surface area contributed by atoms with Crippen molar-refractivity contribution >= 4 is 17.4 Å². The van der Waals surface area contributed by atoms with Gasteiger partial charge in [-0.25, -0.2) is 4.79 Å². The third-order valence-electron chi connectivity index (χ3n) is 1.87. The molecule has 0 heterocycles. The number of nitrogens with zero attached hydrogens (tertiary/aromatic N) is 1. The fourth-order valence-corrected chi connectivity index (χ4v) is 1.17. The van der Waals surface area contributed by atoms with Gasteiger partial charge >= 0.3 is 11.7 Å². The molecule has 0 spiro atoms. The normalized spacial score (nSPS) is 9.38. The molecule has 0 saturated carbocycles. The molecule has 1 aromatic rings. The molecule has 2 N–H and O–H groups in total. The maximum absolute atomic E-state index is 11.1. The second-order valence-electron chi connectivity index (χ2n) is 2.82. The molecule has 0 unspecified atom stereocenters. The maximum Gasteiger partial charge on any atom is 0.319 e. The van der Waals surface area contributed by atoms with Gasteiger partial charge in [0.25, 0.3) is 0 Å². The Morgan fingerprint density at radius 2 is 2.19 bits per heavy atom. The number of nitrogens with one attached hydrogen (secondary N) is 2. The second kappa shape index (κ2) is 4.96. The number of carbonyl (C=O) groups is 1. The lowest BCUT2D eigenvalue weighted by atomic mass is 10.2. The first kappa shape index (κ1) is 11.8. The molecule has 0 saturated heterocycles. The lowest BCUT2D eigenvalue weighted by Gasteiger charge is -2.09. The number of nitro benzene ring substituents is 1. The molecule has 86 valence electrons. The van der Waals surface area contributed by atoms with E-state index >= 15 is 0 Å². The van der Waals surface area contributed by atoms with E-state index in [0.717, 1.165) is 0 Å². The van der Waals surface area contributed by atoms with E-state index < -0.39 is 11.0 Å². The molecular formula is C9H11N3O4. The Morgan fingerprint density at radius 3 is 2.69 bits per heavy atom.